The van der Waals surface area contributed by atoms with Crippen LogP contribution in [-0.2, 0) is 4.74 Å². The Morgan fingerprint density at radius 2 is 1.70 bits per heavy atom. The molecule has 0 fully saturated rings. The van der Waals surface area contributed by atoms with Crippen LogP contribution in [0, 0.1) is 0 Å². The van der Waals surface area contributed by atoms with Gasteiger partial charge in [-0.25, -0.2) is 9.59 Å². The van der Waals surface area contributed by atoms with Crippen LogP contribution in [0.1, 0.15) is 20.7 Å². The summed E-state index contributed by atoms with van der Waals surface area (Å²) < 4.78 is 15.8. The fourth-order valence-electron chi connectivity index (χ4n) is 1.85. The van der Waals surface area contributed by atoms with Gasteiger partial charge in [-0.3, -0.25) is 0 Å². The minimum Gasteiger partial charge on any atom is -0.496 e. The molecule has 2 aromatic carbocycles. The molecule has 0 saturated heterocycles. The summed E-state index contributed by atoms with van der Waals surface area (Å²) in [6.07, 6.45) is 0. The first-order valence-corrected chi connectivity index (χ1v) is 7.57. The molecular weight excluding hydrogens is 388 g/mol. The maximum atomic E-state index is 12.4. The van der Waals surface area contributed by atoms with E-state index in [0.717, 1.165) is 0 Å². The van der Waals surface area contributed by atoms with Crippen molar-refractivity contribution in [3.05, 3.63) is 57.0 Å². The molecule has 0 saturated carbocycles. The van der Waals surface area contributed by atoms with Crippen molar-refractivity contribution in [2.24, 2.45) is 0 Å². The number of benzene rings is 2. The zero-order valence-electron chi connectivity index (χ0n) is 12.3. The van der Waals surface area contributed by atoms with Gasteiger partial charge >= 0.3 is 11.9 Å². The molecule has 0 atom stereocenters. The van der Waals surface area contributed by atoms with Crippen LogP contribution in [-0.4, -0.2) is 26.2 Å². The highest BCUT2D eigenvalue weighted by Gasteiger charge is 2.20. The molecule has 0 amide bonds. The van der Waals surface area contributed by atoms with Crippen LogP contribution in [0.5, 0.6) is 11.5 Å². The van der Waals surface area contributed by atoms with Crippen LogP contribution in [0.4, 0.5) is 0 Å². The Balaban J connectivity index is 2.39. The van der Waals surface area contributed by atoms with E-state index in [9.17, 15) is 9.59 Å². The van der Waals surface area contributed by atoms with Crippen molar-refractivity contribution in [3.63, 3.8) is 0 Å². The molecule has 0 heterocycles. The molecule has 0 spiro atoms. The van der Waals surface area contributed by atoms with Crippen molar-refractivity contribution in [1.29, 1.82) is 0 Å². The molecule has 5 nitrogen and oxygen atoms in total. The van der Waals surface area contributed by atoms with E-state index in [0.29, 0.717) is 15.2 Å². The maximum Gasteiger partial charge on any atom is 0.347 e. The van der Waals surface area contributed by atoms with Crippen LogP contribution >= 0.6 is 27.5 Å². The lowest BCUT2D eigenvalue weighted by atomic mass is 10.2. The first-order chi connectivity index (χ1) is 11.0. The van der Waals surface area contributed by atoms with Gasteiger partial charge in [0, 0.05) is 9.50 Å². The van der Waals surface area contributed by atoms with Crippen molar-refractivity contribution in [2.75, 3.05) is 14.2 Å². The monoisotopic (exact) mass is 398 g/mol. The summed E-state index contributed by atoms with van der Waals surface area (Å²) in [5.41, 5.74) is 0.279. The second-order valence-electron chi connectivity index (χ2n) is 4.37. The second kappa shape index (κ2) is 7.48. The average molecular weight is 400 g/mol. The molecule has 0 radical (unpaired) electrons. The van der Waals surface area contributed by atoms with E-state index in [2.05, 4.69) is 20.7 Å². The zero-order chi connectivity index (χ0) is 17.0. The molecule has 0 aliphatic heterocycles. The fourth-order valence-corrected chi connectivity index (χ4v) is 2.37. The number of hydrogen-bond donors (Lipinski definition) is 0. The summed E-state index contributed by atoms with van der Waals surface area (Å²) in [6.45, 7) is 0. The molecule has 0 unspecified atom stereocenters. The van der Waals surface area contributed by atoms with Gasteiger partial charge in [0.25, 0.3) is 0 Å². The Morgan fingerprint density at radius 1 is 0.957 bits per heavy atom. The van der Waals surface area contributed by atoms with Gasteiger partial charge < -0.3 is 14.2 Å². The van der Waals surface area contributed by atoms with Crippen LogP contribution in [0.2, 0.25) is 5.02 Å². The van der Waals surface area contributed by atoms with Gasteiger partial charge in [0.2, 0.25) is 0 Å². The van der Waals surface area contributed by atoms with E-state index in [1.165, 1.54) is 32.4 Å². The number of carbonyl (C=O) groups excluding carboxylic acids is 2. The minimum atomic E-state index is -0.701. The number of methoxy groups -OCH3 is 2. The van der Waals surface area contributed by atoms with Crippen LogP contribution < -0.4 is 9.47 Å². The van der Waals surface area contributed by atoms with E-state index in [1.54, 1.807) is 18.2 Å². The van der Waals surface area contributed by atoms with E-state index in [1.807, 2.05) is 0 Å². The Hall–Kier alpha value is -2.05. The van der Waals surface area contributed by atoms with E-state index < -0.39 is 11.9 Å². The third kappa shape index (κ3) is 4.03. The molecule has 0 aliphatic rings. The Labute approximate surface area is 146 Å². The van der Waals surface area contributed by atoms with E-state index >= 15 is 0 Å². The van der Waals surface area contributed by atoms with Crippen molar-refractivity contribution in [1.82, 2.24) is 0 Å². The third-order valence-corrected chi connectivity index (χ3v) is 3.66. The Morgan fingerprint density at radius 3 is 2.35 bits per heavy atom. The van der Waals surface area contributed by atoms with Gasteiger partial charge in [-0.1, -0.05) is 27.5 Å². The molecule has 0 N–H and O–H groups in total. The molecule has 2 rings (SSSR count). The zero-order valence-corrected chi connectivity index (χ0v) is 14.6. The first kappa shape index (κ1) is 17.3. The molecule has 120 valence electrons. The van der Waals surface area contributed by atoms with E-state index in [4.69, 9.17) is 21.1 Å². The van der Waals surface area contributed by atoms with Gasteiger partial charge in [0.15, 0.2) is 0 Å². The van der Waals surface area contributed by atoms with Crippen molar-refractivity contribution in [3.8, 4) is 11.5 Å². The predicted molar refractivity (Wildman–Crippen MR) is 88.4 cm³/mol. The van der Waals surface area contributed by atoms with Crippen LogP contribution in [0.15, 0.2) is 40.9 Å². The van der Waals surface area contributed by atoms with Crippen LogP contribution in [0.25, 0.3) is 0 Å². The van der Waals surface area contributed by atoms with Gasteiger partial charge in [-0.15, -0.1) is 0 Å². The third-order valence-electron chi connectivity index (χ3n) is 2.93. The summed E-state index contributed by atoms with van der Waals surface area (Å²) in [5.74, 6) is -0.932. The molecule has 0 aromatic heterocycles. The number of carbonyl (C=O) groups is 2. The van der Waals surface area contributed by atoms with Gasteiger partial charge in [-0.2, -0.15) is 0 Å². The van der Waals surface area contributed by atoms with Crippen molar-refractivity contribution < 1.29 is 23.8 Å². The highest BCUT2D eigenvalue weighted by molar-refractivity contribution is 9.10. The lowest BCUT2D eigenvalue weighted by molar-refractivity contribution is 0.0593. The molecule has 23 heavy (non-hydrogen) atoms. The lowest BCUT2D eigenvalue weighted by Gasteiger charge is -2.11. The highest BCUT2D eigenvalue weighted by atomic mass is 79.9. The quantitative estimate of drug-likeness (QED) is 0.572. The van der Waals surface area contributed by atoms with E-state index in [-0.39, 0.29) is 16.9 Å². The number of esters is 2. The fraction of sp³-hybridized carbons (Fsp3) is 0.125. The molecule has 0 aliphatic carbocycles. The molecule has 0 bridgehead atoms. The normalized spacial score (nSPS) is 10.1. The highest BCUT2D eigenvalue weighted by Crippen LogP contribution is 2.28. The lowest BCUT2D eigenvalue weighted by Crippen LogP contribution is -2.13. The standard InChI is InChI=1S/C16H12BrClO5/c1-21-13-6-4-10(18)8-12(13)16(20)23-14-7-9(17)3-5-11(14)15(19)22-2/h3-8H,1-2H3. The number of hydrogen-bond acceptors (Lipinski definition) is 5. The number of ether oxygens (including phenoxy) is 3. The SMILES string of the molecule is COC(=O)c1ccc(Br)cc1OC(=O)c1cc(Cl)ccc1OC. The smallest absolute Gasteiger partial charge is 0.347 e. The summed E-state index contributed by atoms with van der Waals surface area (Å²) in [4.78, 5) is 24.2. The van der Waals surface area contributed by atoms with Crippen molar-refractivity contribution >= 4 is 39.5 Å². The molecule has 2 aromatic rings. The summed E-state index contributed by atoms with van der Waals surface area (Å²) in [7, 11) is 2.68. The number of rotatable bonds is 4. The van der Waals surface area contributed by atoms with Crippen molar-refractivity contribution in [2.45, 2.75) is 0 Å². The maximum absolute atomic E-state index is 12.4. The minimum absolute atomic E-state index is 0.0678. The Kier molecular flexibility index (Phi) is 5.63. The van der Waals surface area contributed by atoms with Gasteiger partial charge in [0.1, 0.15) is 22.6 Å². The Bertz CT molecular complexity index is 760. The van der Waals surface area contributed by atoms with Crippen LogP contribution in [0.3, 0.4) is 0 Å². The molecular formula is C16H12BrClO5. The topological polar surface area (TPSA) is 61.8 Å². The first-order valence-electron chi connectivity index (χ1n) is 6.40. The number of halogens is 2. The average Bonchev–Trinajstić information content (AvgIpc) is 2.54. The molecule has 7 heteroatoms. The second-order valence-corrected chi connectivity index (χ2v) is 5.72. The largest absolute Gasteiger partial charge is 0.496 e. The predicted octanol–water partition coefficient (Wildman–Crippen LogP) is 4.12. The summed E-state index contributed by atoms with van der Waals surface area (Å²) >= 11 is 9.17. The summed E-state index contributed by atoms with van der Waals surface area (Å²) in [6, 6.07) is 9.22. The van der Waals surface area contributed by atoms with Gasteiger partial charge in [-0.05, 0) is 36.4 Å². The summed E-state index contributed by atoms with van der Waals surface area (Å²) in [5, 5.41) is 0.361. The van der Waals surface area contributed by atoms with Gasteiger partial charge in [0.05, 0.1) is 14.2 Å².